The van der Waals surface area contributed by atoms with E-state index < -0.39 is 0 Å². The average molecular weight is 348 g/mol. The van der Waals surface area contributed by atoms with Gasteiger partial charge in [0, 0.05) is 43.0 Å². The van der Waals surface area contributed by atoms with Crippen LogP contribution in [0.5, 0.6) is 0 Å². The summed E-state index contributed by atoms with van der Waals surface area (Å²) in [6, 6.07) is 8.49. The van der Waals surface area contributed by atoms with Crippen LogP contribution in [0.2, 0.25) is 0 Å². The van der Waals surface area contributed by atoms with Crippen LogP contribution in [0.1, 0.15) is 25.3 Å². The van der Waals surface area contributed by atoms with E-state index in [9.17, 15) is 4.79 Å². The third kappa shape index (κ3) is 2.51. The van der Waals surface area contributed by atoms with E-state index >= 15 is 0 Å². The lowest BCUT2D eigenvalue weighted by Crippen LogP contribution is -2.23. The van der Waals surface area contributed by atoms with Crippen molar-refractivity contribution in [3.05, 3.63) is 42.9 Å². The molecule has 7 nitrogen and oxygen atoms in total. The Bertz CT molecular complexity index is 962. The third-order valence-corrected chi connectivity index (χ3v) is 5.36. The molecule has 1 atom stereocenters. The largest absolute Gasteiger partial charge is 0.352 e. The van der Waals surface area contributed by atoms with E-state index in [4.69, 9.17) is 0 Å². The van der Waals surface area contributed by atoms with Gasteiger partial charge in [-0.05, 0) is 12.8 Å². The predicted molar refractivity (Wildman–Crippen MR) is 99.2 cm³/mol. The lowest BCUT2D eigenvalue weighted by atomic mass is 10.2. The Labute approximate surface area is 151 Å². The van der Waals surface area contributed by atoms with Crippen molar-refractivity contribution in [2.24, 2.45) is 0 Å². The molecule has 0 radical (unpaired) electrons. The number of fused-ring (bicyclic) bond motifs is 1. The topological polar surface area (TPSA) is 67.2 Å². The fraction of sp³-hybridized carbons (Fsp3) is 0.368. The van der Waals surface area contributed by atoms with Gasteiger partial charge in [-0.25, -0.2) is 0 Å². The summed E-state index contributed by atoms with van der Waals surface area (Å²) in [5, 5.41) is 15.3. The Morgan fingerprint density at radius 3 is 2.92 bits per heavy atom. The van der Waals surface area contributed by atoms with Crippen LogP contribution in [-0.4, -0.2) is 45.5 Å². The second-order valence-electron chi connectivity index (χ2n) is 6.97. The molecular formula is C19H20N6O. The van der Waals surface area contributed by atoms with Crippen molar-refractivity contribution in [3.63, 3.8) is 0 Å². The molecular weight excluding hydrogens is 328 g/mol. The van der Waals surface area contributed by atoms with Crippen molar-refractivity contribution in [1.29, 1.82) is 0 Å². The van der Waals surface area contributed by atoms with Crippen LogP contribution in [-0.2, 0) is 4.79 Å². The maximum atomic E-state index is 11.9. The molecule has 0 aliphatic carbocycles. The summed E-state index contributed by atoms with van der Waals surface area (Å²) in [4.78, 5) is 16.1. The summed E-state index contributed by atoms with van der Waals surface area (Å²) in [7, 11) is 0. The number of rotatable bonds is 3. The smallest absolute Gasteiger partial charge is 0.227 e. The van der Waals surface area contributed by atoms with Gasteiger partial charge in [-0.3, -0.25) is 9.48 Å². The maximum Gasteiger partial charge on any atom is 0.227 e. The van der Waals surface area contributed by atoms with Crippen LogP contribution in [0, 0.1) is 0 Å². The Kier molecular flexibility index (Phi) is 3.58. The van der Waals surface area contributed by atoms with Crippen molar-refractivity contribution < 1.29 is 4.79 Å². The first-order valence-electron chi connectivity index (χ1n) is 9.09. The van der Waals surface area contributed by atoms with Crippen LogP contribution >= 0.6 is 0 Å². The quantitative estimate of drug-likeness (QED) is 0.727. The zero-order valence-electron chi connectivity index (χ0n) is 14.5. The van der Waals surface area contributed by atoms with E-state index in [0.717, 1.165) is 54.8 Å². The van der Waals surface area contributed by atoms with Gasteiger partial charge in [0.2, 0.25) is 5.91 Å². The number of hydrogen-bond donors (Lipinski definition) is 0. The summed E-state index contributed by atoms with van der Waals surface area (Å²) in [6.07, 6.45) is 8.19. The molecule has 2 aliphatic heterocycles. The molecule has 3 aromatic rings. The molecule has 2 saturated heterocycles. The molecule has 5 rings (SSSR count). The standard InChI is InChI=1S/C19H20N6O/c26-18-6-3-8-24(18)16-11-21-25(13-16)15-7-9-23(12-15)19-17-5-2-1-4-14(17)10-20-22-19/h1-2,4-5,10-11,13,15H,3,6-9,12H2. The van der Waals surface area contributed by atoms with Gasteiger partial charge in [-0.2, -0.15) is 10.2 Å². The Balaban J connectivity index is 1.37. The summed E-state index contributed by atoms with van der Waals surface area (Å²) >= 11 is 0. The van der Waals surface area contributed by atoms with E-state index in [1.54, 1.807) is 6.20 Å². The zero-order valence-corrected chi connectivity index (χ0v) is 14.5. The molecule has 2 aliphatic rings. The highest BCUT2D eigenvalue weighted by molar-refractivity contribution is 5.95. The first-order chi connectivity index (χ1) is 12.8. The molecule has 7 heteroatoms. The molecule has 1 unspecified atom stereocenters. The highest BCUT2D eigenvalue weighted by Gasteiger charge is 2.28. The number of aromatic nitrogens is 4. The van der Waals surface area contributed by atoms with Crippen molar-refractivity contribution >= 4 is 28.2 Å². The van der Waals surface area contributed by atoms with E-state index in [0.29, 0.717) is 6.42 Å². The van der Waals surface area contributed by atoms with Crippen molar-refractivity contribution in [1.82, 2.24) is 20.0 Å². The van der Waals surface area contributed by atoms with Gasteiger partial charge >= 0.3 is 0 Å². The van der Waals surface area contributed by atoms with E-state index in [-0.39, 0.29) is 11.9 Å². The monoisotopic (exact) mass is 348 g/mol. The first kappa shape index (κ1) is 15.3. The minimum atomic E-state index is 0.198. The molecule has 132 valence electrons. The Morgan fingerprint density at radius 2 is 2.04 bits per heavy atom. The second-order valence-corrected chi connectivity index (χ2v) is 6.97. The minimum Gasteiger partial charge on any atom is -0.352 e. The summed E-state index contributed by atoms with van der Waals surface area (Å²) in [5.74, 6) is 1.14. The number of amides is 1. The van der Waals surface area contributed by atoms with Crippen LogP contribution < -0.4 is 9.80 Å². The Morgan fingerprint density at radius 1 is 1.12 bits per heavy atom. The molecule has 1 amide bonds. The molecule has 0 N–H and O–H groups in total. The number of anilines is 2. The molecule has 2 fully saturated rings. The van der Waals surface area contributed by atoms with Crippen molar-refractivity contribution in [3.8, 4) is 0 Å². The number of carbonyl (C=O) groups excluding carboxylic acids is 1. The molecule has 0 saturated carbocycles. The number of benzene rings is 1. The third-order valence-electron chi connectivity index (χ3n) is 5.36. The van der Waals surface area contributed by atoms with E-state index in [1.165, 1.54) is 0 Å². The fourth-order valence-corrected chi connectivity index (χ4v) is 3.98. The molecule has 0 bridgehead atoms. The van der Waals surface area contributed by atoms with Crippen LogP contribution in [0.25, 0.3) is 10.8 Å². The zero-order chi connectivity index (χ0) is 17.5. The van der Waals surface area contributed by atoms with E-state index in [1.807, 2.05) is 34.1 Å². The van der Waals surface area contributed by atoms with Gasteiger partial charge in [0.25, 0.3) is 0 Å². The highest BCUT2D eigenvalue weighted by Crippen LogP contribution is 2.31. The van der Waals surface area contributed by atoms with Gasteiger partial charge in [0.05, 0.1) is 24.1 Å². The lowest BCUT2D eigenvalue weighted by Gasteiger charge is -2.18. The van der Waals surface area contributed by atoms with Crippen LogP contribution in [0.4, 0.5) is 11.5 Å². The van der Waals surface area contributed by atoms with Gasteiger partial charge < -0.3 is 9.80 Å². The number of hydrogen-bond acceptors (Lipinski definition) is 5. The SMILES string of the molecule is O=C1CCCN1c1cnn(C2CCN(c3nncc4ccccc34)C2)c1. The summed E-state index contributed by atoms with van der Waals surface area (Å²) < 4.78 is 2.00. The molecule has 26 heavy (non-hydrogen) atoms. The van der Waals surface area contributed by atoms with Gasteiger partial charge in [0.1, 0.15) is 0 Å². The van der Waals surface area contributed by atoms with Crippen LogP contribution in [0.15, 0.2) is 42.9 Å². The first-order valence-corrected chi connectivity index (χ1v) is 9.09. The normalized spacial score (nSPS) is 20.5. The lowest BCUT2D eigenvalue weighted by molar-refractivity contribution is -0.117. The molecule has 1 aromatic carbocycles. The van der Waals surface area contributed by atoms with Crippen molar-refractivity contribution in [2.45, 2.75) is 25.3 Å². The van der Waals surface area contributed by atoms with Gasteiger partial charge in [-0.1, -0.05) is 24.3 Å². The number of nitrogens with zero attached hydrogens (tertiary/aromatic N) is 6. The van der Waals surface area contributed by atoms with E-state index in [2.05, 4.69) is 32.3 Å². The van der Waals surface area contributed by atoms with Crippen molar-refractivity contribution in [2.75, 3.05) is 29.4 Å². The molecule has 2 aromatic heterocycles. The second kappa shape index (κ2) is 6.09. The number of carbonyl (C=O) groups is 1. The van der Waals surface area contributed by atoms with Gasteiger partial charge in [0.15, 0.2) is 5.82 Å². The Hall–Kier alpha value is -2.96. The highest BCUT2D eigenvalue weighted by atomic mass is 16.2. The van der Waals surface area contributed by atoms with Crippen LogP contribution in [0.3, 0.4) is 0 Å². The predicted octanol–water partition coefficient (Wildman–Crippen LogP) is 2.40. The fourth-order valence-electron chi connectivity index (χ4n) is 3.98. The molecule has 0 spiro atoms. The molecule has 4 heterocycles. The summed E-state index contributed by atoms with van der Waals surface area (Å²) in [6.45, 7) is 2.57. The van der Waals surface area contributed by atoms with Gasteiger partial charge in [-0.15, -0.1) is 5.10 Å². The maximum absolute atomic E-state index is 11.9. The minimum absolute atomic E-state index is 0.198. The average Bonchev–Trinajstić information content (AvgIpc) is 3.41. The summed E-state index contributed by atoms with van der Waals surface area (Å²) in [5.41, 5.74) is 0.913.